The van der Waals surface area contributed by atoms with Crippen molar-refractivity contribution in [3.8, 4) is 5.75 Å². The molecule has 0 aromatic heterocycles. The fraction of sp³-hybridized carbons (Fsp3) is 0.629. The van der Waals surface area contributed by atoms with Crippen LogP contribution < -0.4 is 32.3 Å². The first-order chi connectivity index (χ1) is 24.3. The molecule has 0 saturated heterocycles. The van der Waals surface area contributed by atoms with Crippen molar-refractivity contribution >= 4 is 41.5 Å². The number of hydrogen-bond donors (Lipinski definition) is 10. The Labute approximate surface area is 303 Å². The molecule has 1 aromatic carbocycles. The van der Waals surface area contributed by atoms with Gasteiger partial charge in [-0.3, -0.25) is 28.8 Å². The Morgan fingerprint density at radius 3 is 1.65 bits per heavy atom. The summed E-state index contributed by atoms with van der Waals surface area (Å²) in [7, 11) is 0. The standard InChI is InChI=1S/C35H56N6O11/c1-7-20(6)29(35(51)52)41-34(50)27(17-42)40-33(49)26(16-21-8-10-22(43)11-9-21)39-31(47)24(12-13-28(44)45)37-32(48)25(15-19(4)5)38-30(46)23(36)14-18(2)3/h8-11,18-20,23-27,29,42-43H,7,12-17,36H2,1-6H3,(H,37,48)(H,38,46)(H,39,47)(H,40,49)(H,41,50)(H,44,45)(H,51,52). The Kier molecular flexibility index (Phi) is 19.3. The average molecular weight is 737 g/mol. The summed E-state index contributed by atoms with van der Waals surface area (Å²) < 4.78 is 0. The number of phenolic OH excluding ortho intramolecular Hbond substituents is 1. The van der Waals surface area contributed by atoms with Crippen molar-refractivity contribution < 1.29 is 54.0 Å². The molecule has 5 amide bonds. The number of carboxylic acid groups (broad SMARTS) is 2. The summed E-state index contributed by atoms with van der Waals surface area (Å²) in [5.41, 5.74) is 6.45. The highest BCUT2D eigenvalue weighted by atomic mass is 16.4. The second-order valence-electron chi connectivity index (χ2n) is 13.8. The first kappa shape index (κ1) is 45.3. The number of hydrogen-bond acceptors (Lipinski definition) is 10. The van der Waals surface area contributed by atoms with Gasteiger partial charge >= 0.3 is 11.9 Å². The van der Waals surface area contributed by atoms with Crippen molar-refractivity contribution in [1.82, 2.24) is 26.6 Å². The highest BCUT2D eigenvalue weighted by molar-refractivity contribution is 5.96. The van der Waals surface area contributed by atoms with Crippen molar-refractivity contribution in [2.75, 3.05) is 6.61 Å². The summed E-state index contributed by atoms with van der Waals surface area (Å²) in [5, 5.41) is 50.9. The van der Waals surface area contributed by atoms with Gasteiger partial charge in [0.05, 0.1) is 12.6 Å². The number of phenols is 1. The molecule has 0 aliphatic rings. The summed E-state index contributed by atoms with van der Waals surface area (Å²) in [6, 6.07) is -2.34. The van der Waals surface area contributed by atoms with E-state index in [9.17, 15) is 54.0 Å². The van der Waals surface area contributed by atoms with Gasteiger partial charge in [0.15, 0.2) is 0 Å². The molecule has 0 saturated carbocycles. The largest absolute Gasteiger partial charge is 0.508 e. The molecule has 1 rings (SSSR count). The van der Waals surface area contributed by atoms with Crippen LogP contribution in [0.5, 0.6) is 5.75 Å². The molecule has 17 heteroatoms. The second-order valence-corrected chi connectivity index (χ2v) is 13.8. The molecule has 7 unspecified atom stereocenters. The Hall–Kier alpha value is -4.77. The lowest BCUT2D eigenvalue weighted by Crippen LogP contribution is -2.60. The van der Waals surface area contributed by atoms with Crippen molar-refractivity contribution in [2.45, 2.75) is 116 Å². The molecule has 292 valence electrons. The normalized spacial score (nSPS) is 15.3. The van der Waals surface area contributed by atoms with E-state index in [4.69, 9.17) is 5.73 Å². The van der Waals surface area contributed by atoms with E-state index in [1.165, 1.54) is 24.3 Å². The molecule has 0 aliphatic heterocycles. The second kappa shape index (κ2) is 22.2. The monoisotopic (exact) mass is 736 g/mol. The molecule has 0 fully saturated rings. The molecule has 0 aliphatic carbocycles. The van der Waals surface area contributed by atoms with Gasteiger partial charge in [-0.1, -0.05) is 60.1 Å². The molecule has 7 atom stereocenters. The minimum absolute atomic E-state index is 0.0789. The first-order valence-corrected chi connectivity index (χ1v) is 17.4. The van der Waals surface area contributed by atoms with Crippen LogP contribution in [-0.2, 0) is 40.0 Å². The van der Waals surface area contributed by atoms with Gasteiger partial charge in [0.1, 0.15) is 36.0 Å². The predicted molar refractivity (Wildman–Crippen MR) is 189 cm³/mol. The Balaban J connectivity index is 3.38. The molecule has 11 N–H and O–H groups in total. The zero-order chi connectivity index (χ0) is 39.7. The van der Waals surface area contributed by atoms with Gasteiger partial charge < -0.3 is 52.7 Å². The number of aromatic hydroxyl groups is 1. The fourth-order valence-corrected chi connectivity index (χ4v) is 5.16. The van der Waals surface area contributed by atoms with E-state index in [2.05, 4.69) is 26.6 Å². The lowest BCUT2D eigenvalue weighted by molar-refractivity contribution is -0.144. The van der Waals surface area contributed by atoms with E-state index in [-0.39, 0.29) is 30.4 Å². The van der Waals surface area contributed by atoms with Crippen LogP contribution in [0.25, 0.3) is 0 Å². The number of aliphatic hydroxyl groups excluding tert-OH is 1. The molecule has 1 aromatic rings. The SMILES string of the molecule is CCC(C)C(NC(=O)C(CO)NC(=O)C(Cc1ccc(O)cc1)NC(=O)C(CCC(=O)O)NC(=O)C(CC(C)C)NC(=O)C(N)CC(C)C)C(=O)O. The topological polar surface area (TPSA) is 287 Å². The van der Waals surface area contributed by atoms with Crippen LogP contribution in [0.4, 0.5) is 0 Å². The van der Waals surface area contributed by atoms with Gasteiger partial charge in [-0.05, 0) is 54.7 Å². The molecule has 0 bridgehead atoms. The summed E-state index contributed by atoms with van der Waals surface area (Å²) in [5.74, 6) is -7.43. The fourth-order valence-electron chi connectivity index (χ4n) is 5.16. The van der Waals surface area contributed by atoms with Gasteiger partial charge in [-0.25, -0.2) is 4.79 Å². The van der Waals surface area contributed by atoms with Crippen LogP contribution in [0.1, 0.15) is 79.2 Å². The van der Waals surface area contributed by atoms with E-state index < -0.39 is 103 Å². The van der Waals surface area contributed by atoms with Gasteiger partial charge in [-0.15, -0.1) is 0 Å². The van der Waals surface area contributed by atoms with Crippen LogP contribution in [0.2, 0.25) is 0 Å². The number of rotatable bonds is 23. The number of nitrogens with one attached hydrogen (secondary N) is 5. The summed E-state index contributed by atoms with van der Waals surface area (Å²) >= 11 is 0. The molecule has 52 heavy (non-hydrogen) atoms. The number of carbonyl (C=O) groups excluding carboxylic acids is 5. The summed E-state index contributed by atoms with van der Waals surface area (Å²) in [6.45, 7) is 9.80. The molecule has 0 radical (unpaired) electrons. The Morgan fingerprint density at radius 2 is 1.15 bits per heavy atom. The maximum atomic E-state index is 13.7. The third kappa shape index (κ3) is 16.1. The number of carboxylic acids is 2. The lowest BCUT2D eigenvalue weighted by atomic mass is 9.99. The molecular formula is C35H56N6O11. The van der Waals surface area contributed by atoms with Crippen molar-refractivity contribution in [3.05, 3.63) is 29.8 Å². The number of amides is 5. The van der Waals surface area contributed by atoms with E-state index in [0.29, 0.717) is 18.4 Å². The highest BCUT2D eigenvalue weighted by Gasteiger charge is 2.34. The third-order valence-corrected chi connectivity index (χ3v) is 8.28. The molecular weight excluding hydrogens is 680 g/mol. The van der Waals surface area contributed by atoms with Crippen molar-refractivity contribution in [3.63, 3.8) is 0 Å². The number of carbonyl (C=O) groups is 7. The average Bonchev–Trinajstić information content (AvgIpc) is 3.06. The van der Waals surface area contributed by atoms with Gasteiger partial charge in [0.25, 0.3) is 0 Å². The number of aliphatic carboxylic acids is 2. The van der Waals surface area contributed by atoms with Crippen LogP contribution >= 0.6 is 0 Å². The molecule has 0 spiro atoms. The minimum atomic E-state index is -1.62. The van der Waals surface area contributed by atoms with Gasteiger partial charge in [0, 0.05) is 12.8 Å². The maximum absolute atomic E-state index is 13.7. The molecule has 0 heterocycles. The van der Waals surface area contributed by atoms with Crippen LogP contribution in [0, 0.1) is 17.8 Å². The smallest absolute Gasteiger partial charge is 0.326 e. The quantitative estimate of drug-likeness (QED) is 0.0697. The molecule has 17 nitrogen and oxygen atoms in total. The van der Waals surface area contributed by atoms with Crippen LogP contribution in [-0.4, -0.2) is 105 Å². The highest BCUT2D eigenvalue weighted by Crippen LogP contribution is 2.14. The maximum Gasteiger partial charge on any atom is 0.326 e. The number of aliphatic hydroxyl groups is 1. The van der Waals surface area contributed by atoms with E-state index in [1.807, 2.05) is 27.7 Å². The van der Waals surface area contributed by atoms with Crippen LogP contribution in [0.3, 0.4) is 0 Å². The zero-order valence-corrected chi connectivity index (χ0v) is 30.7. The van der Waals surface area contributed by atoms with E-state index in [0.717, 1.165) is 0 Å². The summed E-state index contributed by atoms with van der Waals surface area (Å²) in [4.78, 5) is 89.9. The van der Waals surface area contributed by atoms with E-state index in [1.54, 1.807) is 13.8 Å². The first-order valence-electron chi connectivity index (χ1n) is 17.4. The van der Waals surface area contributed by atoms with Gasteiger partial charge in [-0.2, -0.15) is 0 Å². The zero-order valence-electron chi connectivity index (χ0n) is 30.7. The van der Waals surface area contributed by atoms with E-state index >= 15 is 0 Å². The Bertz CT molecular complexity index is 1370. The number of nitrogens with two attached hydrogens (primary N) is 1. The van der Waals surface area contributed by atoms with Gasteiger partial charge in [0.2, 0.25) is 29.5 Å². The lowest BCUT2D eigenvalue weighted by Gasteiger charge is -2.27. The van der Waals surface area contributed by atoms with Crippen LogP contribution in [0.15, 0.2) is 24.3 Å². The third-order valence-electron chi connectivity index (χ3n) is 8.28. The summed E-state index contributed by atoms with van der Waals surface area (Å²) in [6.07, 6.45) is -0.251. The minimum Gasteiger partial charge on any atom is -0.508 e. The van der Waals surface area contributed by atoms with Crippen molar-refractivity contribution in [2.24, 2.45) is 23.5 Å². The Morgan fingerprint density at radius 1 is 0.673 bits per heavy atom. The van der Waals surface area contributed by atoms with Crippen molar-refractivity contribution in [1.29, 1.82) is 0 Å². The number of benzene rings is 1. The predicted octanol–water partition coefficient (Wildman–Crippen LogP) is -0.234.